The Kier molecular flexibility index (Phi) is 5.02. The minimum Gasteiger partial charge on any atom is -0.0622 e. The highest BCUT2D eigenvalue weighted by Crippen LogP contribution is 2.53. The SMILES string of the molecule is CC(C)(C)C1=C(P(c2ccccc2)c2ccccc2)CCCC1. The molecule has 1 aliphatic carbocycles. The van der Waals surface area contributed by atoms with E-state index >= 15 is 0 Å². The average Bonchev–Trinajstić information content (AvgIpc) is 2.57. The van der Waals surface area contributed by atoms with Crippen LogP contribution in [0.1, 0.15) is 46.5 Å². The summed E-state index contributed by atoms with van der Waals surface area (Å²) in [4.78, 5) is 0. The maximum absolute atomic E-state index is 2.39. The first-order chi connectivity index (χ1) is 11.1. The molecular formula is C22H27P. The van der Waals surface area contributed by atoms with Crippen molar-refractivity contribution in [3.05, 3.63) is 71.6 Å². The molecule has 0 atom stereocenters. The van der Waals surface area contributed by atoms with Gasteiger partial charge in [0.2, 0.25) is 0 Å². The summed E-state index contributed by atoms with van der Waals surface area (Å²) in [5.74, 6) is 0. The molecule has 2 aromatic rings. The number of hydrogen-bond acceptors (Lipinski definition) is 0. The normalized spacial score (nSPS) is 16.0. The van der Waals surface area contributed by atoms with E-state index in [0.29, 0.717) is 0 Å². The van der Waals surface area contributed by atoms with Gasteiger partial charge in [-0.15, -0.1) is 0 Å². The lowest BCUT2D eigenvalue weighted by atomic mass is 9.80. The van der Waals surface area contributed by atoms with Crippen LogP contribution in [0, 0.1) is 5.41 Å². The fraction of sp³-hybridized carbons (Fsp3) is 0.364. The molecule has 1 heteroatoms. The molecule has 0 saturated heterocycles. The van der Waals surface area contributed by atoms with Crippen LogP contribution in [-0.2, 0) is 0 Å². The maximum Gasteiger partial charge on any atom is -0.0154 e. The van der Waals surface area contributed by atoms with Gasteiger partial charge in [-0.05, 0) is 54.9 Å². The molecule has 0 unspecified atom stereocenters. The molecule has 0 saturated carbocycles. The predicted octanol–water partition coefficient (Wildman–Crippen LogP) is 5.99. The Bertz CT molecular complexity index is 623. The second-order valence-corrected chi connectivity index (χ2v) is 9.63. The predicted molar refractivity (Wildman–Crippen MR) is 104 cm³/mol. The molecule has 1 aliphatic rings. The van der Waals surface area contributed by atoms with Gasteiger partial charge < -0.3 is 0 Å². The minimum absolute atomic E-state index is 0.278. The van der Waals surface area contributed by atoms with Crippen molar-refractivity contribution < 1.29 is 0 Å². The molecule has 0 radical (unpaired) electrons. The van der Waals surface area contributed by atoms with E-state index in [9.17, 15) is 0 Å². The molecule has 0 fully saturated rings. The number of benzene rings is 2. The molecule has 0 heterocycles. The largest absolute Gasteiger partial charge is 0.0622 e. The van der Waals surface area contributed by atoms with Crippen LogP contribution in [0.5, 0.6) is 0 Å². The van der Waals surface area contributed by atoms with Gasteiger partial charge in [0.25, 0.3) is 0 Å². The molecule has 0 nitrogen and oxygen atoms in total. The lowest BCUT2D eigenvalue weighted by Gasteiger charge is -2.35. The fourth-order valence-electron chi connectivity index (χ4n) is 3.56. The zero-order valence-electron chi connectivity index (χ0n) is 14.5. The highest BCUT2D eigenvalue weighted by Gasteiger charge is 2.29. The van der Waals surface area contributed by atoms with Crippen molar-refractivity contribution in [3.8, 4) is 0 Å². The molecule has 0 amide bonds. The van der Waals surface area contributed by atoms with E-state index in [1.165, 1.54) is 36.3 Å². The molecular weight excluding hydrogens is 295 g/mol. The Morgan fingerprint density at radius 3 is 1.65 bits per heavy atom. The first kappa shape index (κ1) is 16.5. The summed E-state index contributed by atoms with van der Waals surface area (Å²) < 4.78 is 0. The van der Waals surface area contributed by atoms with Crippen LogP contribution in [-0.4, -0.2) is 0 Å². The molecule has 0 aliphatic heterocycles. The average molecular weight is 322 g/mol. The summed E-state index contributed by atoms with van der Waals surface area (Å²) in [6.45, 7) is 7.16. The third-order valence-electron chi connectivity index (χ3n) is 4.64. The van der Waals surface area contributed by atoms with E-state index < -0.39 is 7.92 Å². The smallest absolute Gasteiger partial charge is 0.0154 e. The van der Waals surface area contributed by atoms with Crippen LogP contribution in [0.25, 0.3) is 0 Å². The van der Waals surface area contributed by atoms with Crippen molar-refractivity contribution in [2.24, 2.45) is 5.41 Å². The molecule has 3 rings (SSSR count). The van der Waals surface area contributed by atoms with Crippen LogP contribution in [0.15, 0.2) is 71.6 Å². The molecule has 23 heavy (non-hydrogen) atoms. The first-order valence-electron chi connectivity index (χ1n) is 8.70. The zero-order valence-corrected chi connectivity index (χ0v) is 15.4. The number of hydrogen-bond donors (Lipinski definition) is 0. The van der Waals surface area contributed by atoms with Crippen molar-refractivity contribution in [2.45, 2.75) is 46.5 Å². The quantitative estimate of drug-likeness (QED) is 0.609. The summed E-state index contributed by atoms with van der Waals surface area (Å²) in [5, 5.41) is 4.72. The third kappa shape index (κ3) is 3.75. The summed E-state index contributed by atoms with van der Waals surface area (Å²) in [6, 6.07) is 22.3. The highest BCUT2D eigenvalue weighted by molar-refractivity contribution is 7.76. The van der Waals surface area contributed by atoms with E-state index in [4.69, 9.17) is 0 Å². The van der Waals surface area contributed by atoms with Crippen LogP contribution in [0.4, 0.5) is 0 Å². The van der Waals surface area contributed by atoms with Crippen molar-refractivity contribution >= 4 is 18.5 Å². The Morgan fingerprint density at radius 1 is 0.696 bits per heavy atom. The highest BCUT2D eigenvalue weighted by atomic mass is 31.1. The molecule has 0 aromatic heterocycles. The van der Waals surface area contributed by atoms with E-state index in [2.05, 4.69) is 81.4 Å². The van der Waals surface area contributed by atoms with Gasteiger partial charge in [0.15, 0.2) is 0 Å². The lowest BCUT2D eigenvalue weighted by Crippen LogP contribution is -2.20. The third-order valence-corrected chi connectivity index (χ3v) is 7.31. The van der Waals surface area contributed by atoms with Crippen LogP contribution in [0.2, 0.25) is 0 Å². The Morgan fingerprint density at radius 2 is 1.17 bits per heavy atom. The van der Waals surface area contributed by atoms with Crippen molar-refractivity contribution in [1.29, 1.82) is 0 Å². The summed E-state index contributed by atoms with van der Waals surface area (Å²) in [6.07, 6.45) is 5.23. The Hall–Kier alpha value is -1.39. The van der Waals surface area contributed by atoms with Crippen LogP contribution in [0.3, 0.4) is 0 Å². The Balaban J connectivity index is 2.17. The van der Waals surface area contributed by atoms with E-state index in [1.54, 1.807) is 10.9 Å². The van der Waals surface area contributed by atoms with E-state index in [-0.39, 0.29) is 5.41 Å². The van der Waals surface area contributed by atoms with E-state index in [0.717, 1.165) is 0 Å². The molecule has 120 valence electrons. The first-order valence-corrected chi connectivity index (χ1v) is 10.0. The van der Waals surface area contributed by atoms with Gasteiger partial charge in [-0.2, -0.15) is 0 Å². The van der Waals surface area contributed by atoms with Gasteiger partial charge in [-0.1, -0.05) is 87.0 Å². The molecule has 0 spiro atoms. The van der Waals surface area contributed by atoms with Gasteiger partial charge in [-0.25, -0.2) is 0 Å². The number of rotatable bonds is 3. The maximum atomic E-state index is 2.39. The summed E-state index contributed by atoms with van der Waals surface area (Å²) in [7, 11) is -0.393. The minimum atomic E-state index is -0.393. The van der Waals surface area contributed by atoms with Crippen molar-refractivity contribution in [3.63, 3.8) is 0 Å². The monoisotopic (exact) mass is 322 g/mol. The number of allylic oxidation sites excluding steroid dienone is 2. The van der Waals surface area contributed by atoms with Crippen LogP contribution < -0.4 is 10.6 Å². The second kappa shape index (κ2) is 7.02. The standard InChI is InChI=1S/C22H27P/c1-22(2,3)20-16-10-11-17-21(20)23(18-12-6-4-7-13-18)19-14-8-5-9-15-19/h4-9,12-15H,10-11,16-17H2,1-3H3. The lowest BCUT2D eigenvalue weighted by molar-refractivity contribution is 0.457. The van der Waals surface area contributed by atoms with Gasteiger partial charge >= 0.3 is 0 Å². The second-order valence-electron chi connectivity index (χ2n) is 7.39. The molecule has 0 bridgehead atoms. The van der Waals surface area contributed by atoms with Crippen LogP contribution >= 0.6 is 7.92 Å². The molecule has 0 N–H and O–H groups in total. The van der Waals surface area contributed by atoms with Gasteiger partial charge in [0, 0.05) is 0 Å². The van der Waals surface area contributed by atoms with E-state index in [1.807, 2.05) is 0 Å². The Labute approximate surface area is 142 Å². The molecule has 2 aromatic carbocycles. The van der Waals surface area contributed by atoms with Gasteiger partial charge in [0.1, 0.15) is 0 Å². The van der Waals surface area contributed by atoms with Crippen molar-refractivity contribution in [2.75, 3.05) is 0 Å². The fourth-order valence-corrected chi connectivity index (χ4v) is 6.52. The van der Waals surface area contributed by atoms with Crippen molar-refractivity contribution in [1.82, 2.24) is 0 Å². The topological polar surface area (TPSA) is 0 Å². The van der Waals surface area contributed by atoms with Gasteiger partial charge in [0.05, 0.1) is 0 Å². The zero-order chi connectivity index (χ0) is 16.3. The van der Waals surface area contributed by atoms with Gasteiger partial charge in [-0.3, -0.25) is 0 Å². The summed E-state index contributed by atoms with van der Waals surface area (Å²) >= 11 is 0. The summed E-state index contributed by atoms with van der Waals surface area (Å²) in [5.41, 5.74) is 1.99.